The smallest absolute Gasteiger partial charge is 0.338 e. The molecule has 0 aromatic heterocycles. The van der Waals surface area contributed by atoms with Crippen LogP contribution >= 0.6 is 0 Å². The molecule has 25 heavy (non-hydrogen) atoms. The molecule has 2 rings (SSSR count). The van der Waals surface area contributed by atoms with Crippen molar-refractivity contribution < 1.29 is 34.0 Å². The molecule has 3 unspecified atom stereocenters. The normalized spacial score (nSPS) is 29.4. The van der Waals surface area contributed by atoms with Crippen LogP contribution in [0.5, 0.6) is 0 Å². The first-order chi connectivity index (χ1) is 12.1. The van der Waals surface area contributed by atoms with Gasteiger partial charge in [0.15, 0.2) is 12.4 Å². The third-order valence-corrected chi connectivity index (χ3v) is 4.09. The lowest BCUT2D eigenvalue weighted by molar-refractivity contribution is -0.300. The fourth-order valence-electron chi connectivity index (χ4n) is 2.69. The van der Waals surface area contributed by atoms with Crippen molar-refractivity contribution in [2.45, 2.75) is 50.5 Å². The Morgan fingerprint density at radius 3 is 2.56 bits per heavy atom. The summed E-state index contributed by atoms with van der Waals surface area (Å²) in [6.07, 6.45) is -3.07. The van der Waals surface area contributed by atoms with Crippen molar-refractivity contribution in [1.82, 2.24) is 0 Å². The van der Waals surface area contributed by atoms with Gasteiger partial charge in [-0.3, -0.25) is 0 Å². The molecular formula is C18H26O7. The monoisotopic (exact) mass is 354 g/mol. The van der Waals surface area contributed by atoms with Crippen LogP contribution in [-0.4, -0.2) is 67.2 Å². The van der Waals surface area contributed by atoms with Crippen molar-refractivity contribution >= 4 is 5.97 Å². The minimum absolute atomic E-state index is 0.340. The topological polar surface area (TPSA) is 94.5 Å². The summed E-state index contributed by atoms with van der Waals surface area (Å²) in [6, 6.07) is 8.46. The Balaban J connectivity index is 2.11. The maximum atomic E-state index is 12.3. The Morgan fingerprint density at radius 2 is 1.96 bits per heavy atom. The molecule has 0 radical (unpaired) electrons. The van der Waals surface area contributed by atoms with Gasteiger partial charge in [0.25, 0.3) is 0 Å². The van der Waals surface area contributed by atoms with Gasteiger partial charge < -0.3 is 29.2 Å². The second-order valence-electron chi connectivity index (χ2n) is 5.88. The highest BCUT2D eigenvalue weighted by Crippen LogP contribution is 2.27. The Bertz CT molecular complexity index is 521. The number of hydrogen-bond donors (Lipinski definition) is 2. The lowest BCUT2D eigenvalue weighted by atomic mass is 9.98. The largest absolute Gasteiger partial charge is 0.450 e. The first-order valence-electron chi connectivity index (χ1n) is 8.47. The summed E-state index contributed by atoms with van der Waals surface area (Å²) in [7, 11) is 1.38. The van der Waals surface area contributed by atoms with Crippen LogP contribution in [0.25, 0.3) is 0 Å². The highest BCUT2D eigenvalue weighted by atomic mass is 16.7. The maximum absolute atomic E-state index is 12.3. The Hall–Kier alpha value is -1.51. The van der Waals surface area contributed by atoms with Crippen LogP contribution in [0.15, 0.2) is 30.3 Å². The average Bonchev–Trinajstić information content (AvgIpc) is 2.65. The molecule has 2 N–H and O–H groups in total. The van der Waals surface area contributed by atoms with Crippen LogP contribution < -0.4 is 0 Å². The zero-order valence-electron chi connectivity index (χ0n) is 14.5. The van der Waals surface area contributed by atoms with Crippen molar-refractivity contribution in [2.75, 3.05) is 20.3 Å². The number of hydrogen-bond acceptors (Lipinski definition) is 7. The SMILES string of the molecule is CCCCO[C@@H]1C(CO)O[C@H](OC)C(OC(=O)c2ccccc2)C1O. The highest BCUT2D eigenvalue weighted by molar-refractivity contribution is 5.89. The lowest BCUT2D eigenvalue weighted by Crippen LogP contribution is -2.61. The number of unbranched alkanes of at least 4 members (excludes halogenated alkanes) is 1. The van der Waals surface area contributed by atoms with Crippen LogP contribution in [0.2, 0.25) is 0 Å². The fourth-order valence-corrected chi connectivity index (χ4v) is 2.69. The lowest BCUT2D eigenvalue weighted by Gasteiger charge is -2.42. The van der Waals surface area contributed by atoms with Gasteiger partial charge in [-0.05, 0) is 18.6 Å². The van der Waals surface area contributed by atoms with E-state index in [1.807, 2.05) is 6.92 Å². The number of rotatable bonds is 8. The molecule has 0 bridgehead atoms. The van der Waals surface area contributed by atoms with E-state index in [2.05, 4.69) is 0 Å². The number of methoxy groups -OCH3 is 1. The van der Waals surface area contributed by atoms with Crippen LogP contribution in [-0.2, 0) is 18.9 Å². The number of ether oxygens (including phenoxy) is 4. The molecule has 0 spiro atoms. The van der Waals surface area contributed by atoms with Gasteiger partial charge in [0.05, 0.1) is 12.2 Å². The number of carbonyl (C=O) groups is 1. The summed E-state index contributed by atoms with van der Waals surface area (Å²) < 4.78 is 21.9. The quantitative estimate of drug-likeness (QED) is 0.534. The molecule has 1 heterocycles. The zero-order chi connectivity index (χ0) is 18.2. The van der Waals surface area contributed by atoms with Crippen LogP contribution in [0, 0.1) is 0 Å². The number of benzene rings is 1. The molecule has 1 saturated heterocycles. The number of aliphatic hydroxyl groups is 2. The van der Waals surface area contributed by atoms with Gasteiger partial charge in [-0.25, -0.2) is 4.79 Å². The van der Waals surface area contributed by atoms with Gasteiger partial charge >= 0.3 is 5.97 Å². The molecule has 1 aromatic carbocycles. The summed E-state index contributed by atoms with van der Waals surface area (Å²) in [5, 5.41) is 20.2. The summed E-state index contributed by atoms with van der Waals surface area (Å²) in [4.78, 5) is 12.3. The minimum Gasteiger partial charge on any atom is -0.450 e. The van der Waals surface area contributed by atoms with Gasteiger partial charge in [-0.2, -0.15) is 0 Å². The van der Waals surface area contributed by atoms with E-state index < -0.39 is 36.7 Å². The first-order valence-corrected chi connectivity index (χ1v) is 8.47. The first kappa shape index (κ1) is 19.8. The van der Waals surface area contributed by atoms with E-state index in [9.17, 15) is 15.0 Å². The molecule has 1 aromatic rings. The molecule has 1 aliphatic rings. The van der Waals surface area contributed by atoms with E-state index in [0.717, 1.165) is 12.8 Å². The van der Waals surface area contributed by atoms with Gasteiger partial charge in [0.1, 0.15) is 18.3 Å². The van der Waals surface area contributed by atoms with Crippen molar-refractivity contribution in [3.63, 3.8) is 0 Å². The standard InChI is InChI=1S/C18H26O7/c1-3-4-10-23-15-13(11-19)24-18(22-2)16(14(15)20)25-17(21)12-8-6-5-7-9-12/h5-9,13-16,18-20H,3-4,10-11H2,1-2H3/t13?,14?,15-,16?,18+/m1/s1. The van der Waals surface area contributed by atoms with E-state index in [0.29, 0.717) is 12.2 Å². The number of aliphatic hydroxyl groups excluding tert-OH is 2. The van der Waals surface area contributed by atoms with Gasteiger partial charge in [0.2, 0.25) is 0 Å². The predicted molar refractivity (Wildman–Crippen MR) is 89.1 cm³/mol. The van der Waals surface area contributed by atoms with E-state index >= 15 is 0 Å². The molecule has 7 nitrogen and oxygen atoms in total. The zero-order valence-corrected chi connectivity index (χ0v) is 14.5. The maximum Gasteiger partial charge on any atom is 0.338 e. The van der Waals surface area contributed by atoms with Crippen LogP contribution in [0.3, 0.4) is 0 Å². The number of carbonyl (C=O) groups excluding carboxylic acids is 1. The van der Waals surface area contributed by atoms with E-state index in [4.69, 9.17) is 18.9 Å². The Kier molecular flexibility index (Phi) is 7.80. The summed E-state index contributed by atoms with van der Waals surface area (Å²) in [5.74, 6) is -0.593. The van der Waals surface area contributed by atoms with Gasteiger partial charge in [-0.15, -0.1) is 0 Å². The van der Waals surface area contributed by atoms with E-state index in [1.165, 1.54) is 7.11 Å². The number of esters is 1. The molecule has 0 saturated carbocycles. The summed E-state index contributed by atoms with van der Waals surface area (Å²) in [6.45, 7) is 2.09. The molecular weight excluding hydrogens is 328 g/mol. The Morgan fingerprint density at radius 1 is 1.24 bits per heavy atom. The van der Waals surface area contributed by atoms with Crippen LogP contribution in [0.1, 0.15) is 30.1 Å². The van der Waals surface area contributed by atoms with Crippen molar-refractivity contribution in [3.05, 3.63) is 35.9 Å². The van der Waals surface area contributed by atoms with Gasteiger partial charge in [-0.1, -0.05) is 31.5 Å². The Labute approximate surface area is 147 Å². The molecule has 0 amide bonds. The van der Waals surface area contributed by atoms with Gasteiger partial charge in [0, 0.05) is 13.7 Å². The molecule has 140 valence electrons. The molecule has 1 aliphatic heterocycles. The van der Waals surface area contributed by atoms with E-state index in [1.54, 1.807) is 30.3 Å². The van der Waals surface area contributed by atoms with Crippen molar-refractivity contribution in [2.24, 2.45) is 0 Å². The second kappa shape index (κ2) is 9.84. The van der Waals surface area contributed by atoms with Crippen molar-refractivity contribution in [1.29, 1.82) is 0 Å². The van der Waals surface area contributed by atoms with Crippen molar-refractivity contribution in [3.8, 4) is 0 Å². The van der Waals surface area contributed by atoms with E-state index in [-0.39, 0.29) is 6.61 Å². The third-order valence-electron chi connectivity index (χ3n) is 4.09. The molecule has 0 aliphatic carbocycles. The fraction of sp³-hybridized carbons (Fsp3) is 0.611. The molecule has 1 fully saturated rings. The second-order valence-corrected chi connectivity index (χ2v) is 5.88. The average molecular weight is 354 g/mol. The highest BCUT2D eigenvalue weighted by Gasteiger charge is 2.48. The molecule has 5 atom stereocenters. The third kappa shape index (κ3) is 4.99. The van der Waals surface area contributed by atoms with Crippen LogP contribution in [0.4, 0.5) is 0 Å². The summed E-state index contributed by atoms with van der Waals surface area (Å²) in [5.41, 5.74) is 0.359. The minimum atomic E-state index is -1.18. The predicted octanol–water partition coefficient (Wildman–Crippen LogP) is 1.12. The molecule has 7 heteroatoms. The summed E-state index contributed by atoms with van der Waals surface area (Å²) >= 11 is 0.